The summed E-state index contributed by atoms with van der Waals surface area (Å²) in [4.78, 5) is 14.3. The zero-order chi connectivity index (χ0) is 22.0. The quantitative estimate of drug-likeness (QED) is 0.376. The summed E-state index contributed by atoms with van der Waals surface area (Å²) in [6.45, 7) is 0.915. The van der Waals surface area contributed by atoms with Crippen molar-refractivity contribution in [2.45, 2.75) is 19.3 Å². The lowest BCUT2D eigenvalue weighted by Gasteiger charge is -2.19. The van der Waals surface area contributed by atoms with Crippen LogP contribution in [0.3, 0.4) is 0 Å². The predicted octanol–water partition coefficient (Wildman–Crippen LogP) is 5.75. The van der Waals surface area contributed by atoms with E-state index in [1.807, 2.05) is 35.2 Å². The molecule has 0 bridgehead atoms. The zero-order valence-electron chi connectivity index (χ0n) is 16.2. The molecular formula is C23H17BrF3N3O. The van der Waals surface area contributed by atoms with E-state index in [2.05, 4.69) is 26.5 Å². The maximum atomic E-state index is 13.0. The topological polar surface area (TPSA) is 44.7 Å². The van der Waals surface area contributed by atoms with E-state index in [-0.39, 0.29) is 5.91 Å². The molecule has 8 heteroatoms. The Balaban J connectivity index is 1.45. The SMILES string of the molecule is O=C(N/N=C/c1cccc(Br)c1)c1ccc2c(c1)CN(c1cccc(C(F)(F)F)c1)C2. The molecule has 0 saturated heterocycles. The van der Waals surface area contributed by atoms with E-state index in [1.165, 1.54) is 6.07 Å². The van der Waals surface area contributed by atoms with Crippen molar-refractivity contribution in [2.24, 2.45) is 5.10 Å². The average Bonchev–Trinajstić information content (AvgIpc) is 3.17. The zero-order valence-corrected chi connectivity index (χ0v) is 17.7. The molecule has 0 fully saturated rings. The Hall–Kier alpha value is -3.13. The van der Waals surface area contributed by atoms with Gasteiger partial charge in [0.2, 0.25) is 0 Å². The molecule has 158 valence electrons. The minimum atomic E-state index is -4.38. The number of benzene rings is 3. The summed E-state index contributed by atoms with van der Waals surface area (Å²) in [5.74, 6) is -0.355. The number of alkyl halides is 3. The van der Waals surface area contributed by atoms with Crippen LogP contribution < -0.4 is 10.3 Å². The summed E-state index contributed by atoms with van der Waals surface area (Å²) in [6.07, 6.45) is -2.84. The average molecular weight is 488 g/mol. The van der Waals surface area contributed by atoms with Gasteiger partial charge in [0.25, 0.3) is 5.91 Å². The van der Waals surface area contributed by atoms with Gasteiger partial charge in [-0.05, 0) is 59.2 Å². The van der Waals surface area contributed by atoms with Gasteiger partial charge in [-0.25, -0.2) is 5.43 Å². The van der Waals surface area contributed by atoms with E-state index >= 15 is 0 Å². The number of rotatable bonds is 4. The highest BCUT2D eigenvalue weighted by Crippen LogP contribution is 2.34. The second-order valence-corrected chi connectivity index (χ2v) is 8.06. The molecule has 0 aliphatic carbocycles. The molecule has 0 radical (unpaired) electrons. The van der Waals surface area contributed by atoms with Crippen molar-refractivity contribution in [3.8, 4) is 0 Å². The molecule has 31 heavy (non-hydrogen) atoms. The van der Waals surface area contributed by atoms with Gasteiger partial charge in [-0.2, -0.15) is 18.3 Å². The summed E-state index contributed by atoms with van der Waals surface area (Å²) in [5, 5.41) is 3.99. The summed E-state index contributed by atoms with van der Waals surface area (Å²) in [5.41, 5.74) is 5.48. The van der Waals surface area contributed by atoms with Gasteiger partial charge in [-0.1, -0.05) is 40.2 Å². The molecule has 3 aromatic carbocycles. The number of fused-ring (bicyclic) bond motifs is 1. The summed E-state index contributed by atoms with van der Waals surface area (Å²) >= 11 is 3.37. The first-order chi connectivity index (χ1) is 14.8. The Morgan fingerprint density at radius 3 is 2.55 bits per heavy atom. The van der Waals surface area contributed by atoms with Gasteiger partial charge in [0.15, 0.2) is 0 Å². The summed E-state index contributed by atoms with van der Waals surface area (Å²) < 4.78 is 39.9. The van der Waals surface area contributed by atoms with Crippen LogP contribution in [0.4, 0.5) is 18.9 Å². The molecular weight excluding hydrogens is 471 g/mol. The van der Waals surface area contributed by atoms with E-state index in [9.17, 15) is 18.0 Å². The van der Waals surface area contributed by atoms with Crippen LogP contribution in [0.15, 0.2) is 76.3 Å². The van der Waals surface area contributed by atoms with Gasteiger partial charge in [-0.15, -0.1) is 0 Å². The smallest absolute Gasteiger partial charge is 0.363 e. The van der Waals surface area contributed by atoms with E-state index in [4.69, 9.17) is 0 Å². The third-order valence-corrected chi connectivity index (χ3v) is 5.45. The van der Waals surface area contributed by atoms with Crippen molar-refractivity contribution in [3.63, 3.8) is 0 Å². The molecule has 1 aliphatic heterocycles. The van der Waals surface area contributed by atoms with Crippen molar-refractivity contribution in [1.29, 1.82) is 0 Å². The molecule has 1 amide bonds. The maximum absolute atomic E-state index is 13.0. The minimum absolute atomic E-state index is 0.355. The number of carbonyl (C=O) groups excluding carboxylic acids is 1. The van der Waals surface area contributed by atoms with Crippen molar-refractivity contribution < 1.29 is 18.0 Å². The monoisotopic (exact) mass is 487 g/mol. The summed E-state index contributed by atoms with van der Waals surface area (Å²) in [7, 11) is 0. The third kappa shape index (κ3) is 4.96. The Morgan fingerprint density at radius 2 is 1.77 bits per heavy atom. The first kappa shape index (κ1) is 21.1. The van der Waals surface area contributed by atoms with Crippen LogP contribution >= 0.6 is 15.9 Å². The fourth-order valence-corrected chi connectivity index (χ4v) is 3.83. The standard InChI is InChI=1S/C23H17BrF3N3O/c24-20-5-1-3-15(9-20)12-28-29-22(31)16-7-8-17-13-30(14-18(17)10-16)21-6-2-4-19(11-21)23(25,26)27/h1-12H,13-14H2,(H,29,31)/b28-12+. The number of amides is 1. The fraction of sp³-hybridized carbons (Fsp3) is 0.130. The Kier molecular flexibility index (Phi) is 5.82. The van der Waals surface area contributed by atoms with Crippen LogP contribution in [0.2, 0.25) is 0 Å². The van der Waals surface area contributed by atoms with Crippen LogP contribution in [0, 0.1) is 0 Å². The second kappa shape index (κ2) is 8.55. The van der Waals surface area contributed by atoms with Gasteiger partial charge in [-0.3, -0.25) is 4.79 Å². The molecule has 0 unspecified atom stereocenters. The number of hydrazone groups is 1. The number of hydrogen-bond acceptors (Lipinski definition) is 3. The molecule has 0 atom stereocenters. The molecule has 1 heterocycles. The number of carbonyl (C=O) groups is 1. The summed E-state index contributed by atoms with van der Waals surface area (Å²) in [6, 6.07) is 18.0. The molecule has 1 N–H and O–H groups in total. The molecule has 1 aliphatic rings. The Morgan fingerprint density at radius 1 is 1.00 bits per heavy atom. The van der Waals surface area contributed by atoms with Crippen LogP contribution in [-0.2, 0) is 19.3 Å². The van der Waals surface area contributed by atoms with Crippen LogP contribution in [0.5, 0.6) is 0 Å². The number of nitrogens with one attached hydrogen (secondary N) is 1. The van der Waals surface area contributed by atoms with Gasteiger partial charge < -0.3 is 4.90 Å². The van der Waals surface area contributed by atoms with E-state index < -0.39 is 11.7 Å². The Labute approximate surface area is 185 Å². The van der Waals surface area contributed by atoms with Crippen LogP contribution in [-0.4, -0.2) is 12.1 Å². The number of nitrogens with zero attached hydrogens (tertiary/aromatic N) is 2. The highest BCUT2D eigenvalue weighted by Gasteiger charge is 2.31. The van der Waals surface area contributed by atoms with Gasteiger partial charge in [0.1, 0.15) is 0 Å². The molecule has 0 spiro atoms. The minimum Gasteiger partial charge on any atom is -0.363 e. The largest absolute Gasteiger partial charge is 0.416 e. The van der Waals surface area contributed by atoms with E-state index in [0.29, 0.717) is 24.3 Å². The lowest BCUT2D eigenvalue weighted by molar-refractivity contribution is -0.137. The van der Waals surface area contributed by atoms with Gasteiger partial charge >= 0.3 is 6.18 Å². The molecule has 4 nitrogen and oxygen atoms in total. The third-order valence-electron chi connectivity index (χ3n) is 4.96. The second-order valence-electron chi connectivity index (χ2n) is 7.14. The molecule has 0 aromatic heterocycles. The van der Waals surface area contributed by atoms with Crippen LogP contribution in [0.1, 0.15) is 32.6 Å². The molecule has 0 saturated carbocycles. The molecule has 4 rings (SSSR count). The van der Waals surface area contributed by atoms with E-state index in [1.54, 1.807) is 24.4 Å². The first-order valence-corrected chi connectivity index (χ1v) is 10.2. The molecule has 3 aromatic rings. The van der Waals surface area contributed by atoms with Crippen molar-refractivity contribution in [2.75, 3.05) is 4.90 Å². The van der Waals surface area contributed by atoms with Crippen molar-refractivity contribution >= 4 is 33.7 Å². The van der Waals surface area contributed by atoms with Crippen LogP contribution in [0.25, 0.3) is 0 Å². The highest BCUT2D eigenvalue weighted by atomic mass is 79.9. The first-order valence-electron chi connectivity index (χ1n) is 9.42. The van der Waals surface area contributed by atoms with Crippen molar-refractivity contribution in [1.82, 2.24) is 5.43 Å². The maximum Gasteiger partial charge on any atom is 0.416 e. The number of hydrogen-bond donors (Lipinski definition) is 1. The van der Waals surface area contributed by atoms with Gasteiger partial charge in [0, 0.05) is 28.8 Å². The van der Waals surface area contributed by atoms with Crippen molar-refractivity contribution in [3.05, 3.63) is 99.0 Å². The lowest BCUT2D eigenvalue weighted by Crippen LogP contribution is -2.18. The number of anilines is 1. The Bertz CT molecular complexity index is 1160. The lowest BCUT2D eigenvalue weighted by atomic mass is 10.1. The number of halogens is 4. The normalized spacial score (nSPS) is 13.5. The van der Waals surface area contributed by atoms with E-state index in [0.717, 1.165) is 33.3 Å². The fourth-order valence-electron chi connectivity index (χ4n) is 3.41. The predicted molar refractivity (Wildman–Crippen MR) is 117 cm³/mol. The highest BCUT2D eigenvalue weighted by molar-refractivity contribution is 9.10. The van der Waals surface area contributed by atoms with Gasteiger partial charge in [0.05, 0.1) is 11.8 Å².